The van der Waals surface area contributed by atoms with Crippen molar-refractivity contribution in [2.45, 2.75) is 38.5 Å². The maximum Gasteiger partial charge on any atom is 0.144 e. The molecular weight excluding hydrogens is 857 g/mol. The highest BCUT2D eigenvalue weighted by Gasteiger charge is 2.49. The fourth-order valence-corrected chi connectivity index (χ4v) is 13.6. The Kier molecular flexibility index (Phi) is 8.25. The van der Waals surface area contributed by atoms with Crippen LogP contribution >= 0.6 is 0 Å². The summed E-state index contributed by atoms with van der Waals surface area (Å²) in [5.74, 6) is 0. The molecule has 0 radical (unpaired) electrons. The standard InChI is InChI=1S/C70H48O/c1-69(2)56-39-43(61-49-29-15-11-25-45(49)59(41-21-7-5-8-22-41)46-26-12-16-30-50(46)61)35-37-53(56)63-64-55-33-19-20-34-58(55)71-68(64)65-54-38-36-44(40-57(54)70(3,4)67(65)66(63)69)62-51-31-17-13-27-47(51)60(42-23-9-6-10-24-42)48-28-14-18-32-52(48)62/h5-40H,1-4H3. The number of fused-ring (bicyclic) bond motifs is 16. The highest BCUT2D eigenvalue weighted by atomic mass is 16.3. The molecule has 1 aromatic heterocycles. The molecule has 15 rings (SSSR count). The van der Waals surface area contributed by atoms with E-state index in [1.165, 1.54) is 143 Å². The quantitative estimate of drug-likeness (QED) is 0.160. The third-order valence-corrected chi connectivity index (χ3v) is 16.6. The van der Waals surface area contributed by atoms with E-state index in [0.29, 0.717) is 0 Å². The van der Waals surface area contributed by atoms with Crippen molar-refractivity contribution in [3.05, 3.63) is 241 Å². The largest absolute Gasteiger partial charge is 0.455 e. The summed E-state index contributed by atoms with van der Waals surface area (Å²) in [5, 5.41) is 12.5. The van der Waals surface area contributed by atoms with Crippen molar-refractivity contribution in [2.24, 2.45) is 0 Å². The van der Waals surface area contributed by atoms with E-state index in [1.807, 2.05) is 0 Å². The number of rotatable bonds is 4. The molecule has 2 aliphatic carbocycles. The van der Waals surface area contributed by atoms with Crippen molar-refractivity contribution >= 4 is 65.0 Å². The van der Waals surface area contributed by atoms with Gasteiger partial charge in [-0.1, -0.05) is 228 Å². The lowest BCUT2D eigenvalue weighted by molar-refractivity contribution is 0.600. The molecule has 0 saturated carbocycles. The van der Waals surface area contributed by atoms with Crippen molar-refractivity contribution in [2.75, 3.05) is 0 Å². The molecule has 0 fully saturated rings. The SMILES string of the molecule is CC1(C)c2cc(-c3c4ccccc4c(-c4ccccc4)c4ccccc34)ccc2-c2c1c1c(c3c2oc2ccccc23)-c2ccc(-c3c4ccccc4c(-c4ccccc4)c4ccccc34)cc2C1(C)C. The van der Waals surface area contributed by atoms with Crippen LogP contribution in [0.2, 0.25) is 0 Å². The van der Waals surface area contributed by atoms with Gasteiger partial charge in [-0.3, -0.25) is 0 Å². The second kappa shape index (κ2) is 14.5. The second-order valence-electron chi connectivity index (χ2n) is 21.0. The van der Waals surface area contributed by atoms with E-state index in [2.05, 4.69) is 246 Å². The van der Waals surface area contributed by atoms with Crippen LogP contribution in [-0.4, -0.2) is 0 Å². The first kappa shape index (κ1) is 40.4. The molecular formula is C70H48O. The Morgan fingerprint density at radius 2 is 0.606 bits per heavy atom. The van der Waals surface area contributed by atoms with Gasteiger partial charge >= 0.3 is 0 Å². The predicted octanol–water partition coefficient (Wildman–Crippen LogP) is 19.5. The van der Waals surface area contributed by atoms with Crippen LogP contribution in [0.1, 0.15) is 49.9 Å². The molecule has 0 aliphatic heterocycles. The van der Waals surface area contributed by atoms with E-state index in [1.54, 1.807) is 0 Å². The minimum Gasteiger partial charge on any atom is -0.455 e. The first-order chi connectivity index (χ1) is 34.8. The van der Waals surface area contributed by atoms with Gasteiger partial charge in [-0.2, -0.15) is 0 Å². The molecule has 12 aromatic carbocycles. The molecule has 0 bridgehead atoms. The lowest BCUT2D eigenvalue weighted by atomic mass is 9.71. The van der Waals surface area contributed by atoms with Crippen LogP contribution in [0.3, 0.4) is 0 Å². The average molecular weight is 905 g/mol. The zero-order chi connectivity index (χ0) is 47.3. The van der Waals surface area contributed by atoms with Gasteiger partial charge in [0.2, 0.25) is 0 Å². The first-order valence-corrected chi connectivity index (χ1v) is 25.1. The molecule has 13 aromatic rings. The lowest BCUT2D eigenvalue weighted by Gasteiger charge is -2.31. The number of hydrogen-bond donors (Lipinski definition) is 0. The Hall–Kier alpha value is -8.52. The molecule has 0 amide bonds. The Morgan fingerprint density at radius 3 is 1.01 bits per heavy atom. The average Bonchev–Trinajstić information content (AvgIpc) is 3.99. The van der Waals surface area contributed by atoms with Gasteiger partial charge in [0, 0.05) is 27.2 Å². The number of para-hydroxylation sites is 1. The molecule has 334 valence electrons. The maximum absolute atomic E-state index is 7.18. The lowest BCUT2D eigenvalue weighted by Crippen LogP contribution is -2.24. The van der Waals surface area contributed by atoms with Crippen LogP contribution in [0.15, 0.2) is 223 Å². The Morgan fingerprint density at radius 1 is 0.282 bits per heavy atom. The number of furan rings is 1. The molecule has 2 aliphatic rings. The summed E-state index contributed by atoms with van der Waals surface area (Å²) < 4.78 is 7.18. The maximum atomic E-state index is 7.18. The topological polar surface area (TPSA) is 13.1 Å². The summed E-state index contributed by atoms with van der Waals surface area (Å²) in [6.07, 6.45) is 0. The van der Waals surface area contributed by atoms with Gasteiger partial charge in [0.15, 0.2) is 0 Å². The van der Waals surface area contributed by atoms with Gasteiger partial charge in [0.1, 0.15) is 11.2 Å². The van der Waals surface area contributed by atoms with Crippen molar-refractivity contribution in [3.63, 3.8) is 0 Å². The second-order valence-corrected chi connectivity index (χ2v) is 21.0. The summed E-state index contributed by atoms with van der Waals surface area (Å²) in [5.41, 5.74) is 21.9. The van der Waals surface area contributed by atoms with E-state index in [9.17, 15) is 0 Å². The van der Waals surface area contributed by atoms with Crippen molar-refractivity contribution < 1.29 is 4.42 Å². The molecule has 1 heterocycles. The van der Waals surface area contributed by atoms with Crippen molar-refractivity contribution in [3.8, 4) is 66.8 Å². The number of hydrogen-bond acceptors (Lipinski definition) is 1. The molecule has 0 atom stereocenters. The van der Waals surface area contributed by atoms with Crippen LogP contribution in [0.5, 0.6) is 0 Å². The van der Waals surface area contributed by atoms with Gasteiger partial charge in [0.05, 0.1) is 0 Å². The summed E-state index contributed by atoms with van der Waals surface area (Å²) in [6, 6.07) is 81.2. The van der Waals surface area contributed by atoms with Gasteiger partial charge in [-0.05, 0) is 145 Å². The minimum atomic E-state index is -0.352. The smallest absolute Gasteiger partial charge is 0.144 e. The van der Waals surface area contributed by atoms with Gasteiger partial charge < -0.3 is 4.42 Å². The third-order valence-electron chi connectivity index (χ3n) is 16.6. The summed E-state index contributed by atoms with van der Waals surface area (Å²) in [6.45, 7) is 9.87. The summed E-state index contributed by atoms with van der Waals surface area (Å²) >= 11 is 0. The highest BCUT2D eigenvalue weighted by Crippen LogP contribution is 2.64. The zero-order valence-corrected chi connectivity index (χ0v) is 40.2. The Bertz CT molecular complexity index is 4320. The Balaban J connectivity index is 0.973. The fourth-order valence-electron chi connectivity index (χ4n) is 13.6. The molecule has 0 N–H and O–H groups in total. The van der Waals surface area contributed by atoms with Gasteiger partial charge in [-0.15, -0.1) is 0 Å². The third kappa shape index (κ3) is 5.41. The Labute approximate surface area is 413 Å². The van der Waals surface area contributed by atoms with Crippen LogP contribution < -0.4 is 0 Å². The highest BCUT2D eigenvalue weighted by molar-refractivity contribution is 6.25. The van der Waals surface area contributed by atoms with Crippen LogP contribution in [0.25, 0.3) is 132 Å². The monoisotopic (exact) mass is 904 g/mol. The van der Waals surface area contributed by atoms with E-state index in [4.69, 9.17) is 4.42 Å². The van der Waals surface area contributed by atoms with Crippen molar-refractivity contribution in [1.29, 1.82) is 0 Å². The van der Waals surface area contributed by atoms with Crippen LogP contribution in [0, 0.1) is 0 Å². The molecule has 1 heteroatoms. The number of benzene rings is 12. The van der Waals surface area contributed by atoms with E-state index in [-0.39, 0.29) is 10.8 Å². The summed E-state index contributed by atoms with van der Waals surface area (Å²) in [7, 11) is 0. The molecule has 71 heavy (non-hydrogen) atoms. The van der Waals surface area contributed by atoms with E-state index < -0.39 is 0 Å². The van der Waals surface area contributed by atoms with Crippen LogP contribution in [-0.2, 0) is 10.8 Å². The predicted molar refractivity (Wildman–Crippen MR) is 301 cm³/mol. The summed E-state index contributed by atoms with van der Waals surface area (Å²) in [4.78, 5) is 0. The molecule has 0 unspecified atom stereocenters. The minimum absolute atomic E-state index is 0.339. The van der Waals surface area contributed by atoms with Crippen molar-refractivity contribution in [1.82, 2.24) is 0 Å². The van der Waals surface area contributed by atoms with Gasteiger partial charge in [-0.25, -0.2) is 0 Å². The fraction of sp³-hybridized carbons (Fsp3) is 0.0857. The van der Waals surface area contributed by atoms with Crippen LogP contribution in [0.4, 0.5) is 0 Å². The van der Waals surface area contributed by atoms with E-state index >= 15 is 0 Å². The molecule has 0 spiro atoms. The normalized spacial score (nSPS) is 14.1. The first-order valence-electron chi connectivity index (χ1n) is 25.1. The molecule has 0 saturated heterocycles. The van der Waals surface area contributed by atoms with Gasteiger partial charge in [0.25, 0.3) is 0 Å². The van der Waals surface area contributed by atoms with E-state index in [0.717, 1.165) is 11.2 Å². The molecule has 1 nitrogen and oxygen atoms in total. The zero-order valence-electron chi connectivity index (χ0n) is 40.2.